The minimum atomic E-state index is -1.63. The molecule has 0 bridgehead atoms. The Hall–Kier alpha value is -2.03. The zero-order valence-electron chi connectivity index (χ0n) is 11.8. The fourth-order valence-electron chi connectivity index (χ4n) is 1.56. The maximum absolute atomic E-state index is 13.5. The van der Waals surface area contributed by atoms with Crippen molar-refractivity contribution in [3.63, 3.8) is 0 Å². The van der Waals surface area contributed by atoms with Crippen molar-refractivity contribution in [2.45, 2.75) is 30.7 Å². The van der Waals surface area contributed by atoms with E-state index in [0.29, 0.717) is 17.4 Å². The Bertz CT molecular complexity index is 692. The number of hydrogen-bond acceptors (Lipinski definition) is 4. The molecule has 0 saturated heterocycles. The van der Waals surface area contributed by atoms with E-state index >= 15 is 0 Å². The Morgan fingerprint density at radius 3 is 2.73 bits per heavy atom. The number of benzene rings is 1. The highest BCUT2D eigenvalue weighted by molar-refractivity contribution is 8.00. The number of halogens is 3. The Labute approximate surface area is 128 Å². The van der Waals surface area contributed by atoms with Gasteiger partial charge in [0.1, 0.15) is 5.82 Å². The van der Waals surface area contributed by atoms with Crippen LogP contribution in [0.25, 0.3) is 0 Å². The van der Waals surface area contributed by atoms with Crippen LogP contribution < -0.4 is 5.32 Å². The molecule has 5 nitrogen and oxygen atoms in total. The van der Waals surface area contributed by atoms with E-state index in [2.05, 4.69) is 20.5 Å². The van der Waals surface area contributed by atoms with E-state index in [1.54, 1.807) is 6.92 Å². The van der Waals surface area contributed by atoms with Crippen molar-refractivity contribution < 1.29 is 18.0 Å². The molecule has 0 radical (unpaired) electrons. The minimum Gasteiger partial charge on any atom is -0.323 e. The highest BCUT2D eigenvalue weighted by Gasteiger charge is 2.20. The van der Waals surface area contributed by atoms with Crippen LogP contribution in [0.15, 0.2) is 17.3 Å². The lowest BCUT2D eigenvalue weighted by Gasteiger charge is -2.11. The summed E-state index contributed by atoms with van der Waals surface area (Å²) in [7, 11) is 0. The van der Waals surface area contributed by atoms with Gasteiger partial charge in [0.15, 0.2) is 17.5 Å². The van der Waals surface area contributed by atoms with Crippen molar-refractivity contribution in [3.05, 3.63) is 35.4 Å². The highest BCUT2D eigenvalue weighted by Crippen LogP contribution is 2.23. The first-order chi connectivity index (χ1) is 10.4. The minimum absolute atomic E-state index is 0.380. The Morgan fingerprint density at radius 1 is 1.36 bits per heavy atom. The van der Waals surface area contributed by atoms with Crippen LogP contribution in [0.4, 0.5) is 18.9 Å². The van der Waals surface area contributed by atoms with Gasteiger partial charge in [-0.25, -0.2) is 18.2 Å². The van der Waals surface area contributed by atoms with Crippen LogP contribution >= 0.6 is 11.8 Å². The molecule has 0 aliphatic rings. The van der Waals surface area contributed by atoms with Gasteiger partial charge in [-0.15, -0.1) is 5.10 Å². The van der Waals surface area contributed by atoms with Crippen LogP contribution in [-0.4, -0.2) is 26.3 Å². The lowest BCUT2D eigenvalue weighted by atomic mass is 10.2. The number of aromatic amines is 1. The van der Waals surface area contributed by atoms with Crippen LogP contribution in [0.1, 0.15) is 19.7 Å². The quantitative estimate of drug-likeness (QED) is 0.653. The van der Waals surface area contributed by atoms with Gasteiger partial charge >= 0.3 is 0 Å². The smallest absolute Gasteiger partial charge is 0.237 e. The van der Waals surface area contributed by atoms with Crippen LogP contribution in [0.5, 0.6) is 0 Å². The van der Waals surface area contributed by atoms with Crippen molar-refractivity contribution in [1.82, 2.24) is 15.2 Å². The second-order valence-corrected chi connectivity index (χ2v) is 5.70. The number of hydrogen-bond donors (Lipinski definition) is 2. The molecule has 2 aromatic rings. The summed E-state index contributed by atoms with van der Waals surface area (Å²) in [6.07, 6.45) is 0.675. The molecule has 0 aliphatic carbocycles. The van der Waals surface area contributed by atoms with E-state index in [9.17, 15) is 18.0 Å². The molecule has 1 heterocycles. The van der Waals surface area contributed by atoms with Gasteiger partial charge in [0, 0.05) is 6.42 Å². The first-order valence-electron chi connectivity index (χ1n) is 6.44. The van der Waals surface area contributed by atoms with E-state index in [4.69, 9.17) is 0 Å². The monoisotopic (exact) mass is 330 g/mol. The lowest BCUT2D eigenvalue weighted by Crippen LogP contribution is -2.23. The number of carbonyl (C=O) groups excluding carboxylic acids is 1. The van der Waals surface area contributed by atoms with Crippen LogP contribution in [-0.2, 0) is 11.2 Å². The number of nitrogens with one attached hydrogen (secondary N) is 2. The molecule has 1 aromatic carbocycles. The second-order valence-electron chi connectivity index (χ2n) is 4.39. The number of aromatic nitrogens is 3. The van der Waals surface area contributed by atoms with E-state index in [-0.39, 0.29) is 0 Å². The van der Waals surface area contributed by atoms with Gasteiger partial charge in [-0.3, -0.25) is 9.89 Å². The molecule has 1 unspecified atom stereocenters. The number of amides is 1. The fraction of sp³-hybridized carbons (Fsp3) is 0.308. The molecule has 1 atom stereocenters. The lowest BCUT2D eigenvalue weighted by molar-refractivity contribution is -0.115. The summed E-state index contributed by atoms with van der Waals surface area (Å²) in [6.45, 7) is 3.47. The molecule has 0 fully saturated rings. The average molecular weight is 330 g/mol. The van der Waals surface area contributed by atoms with Gasteiger partial charge < -0.3 is 5.32 Å². The first kappa shape index (κ1) is 16.3. The molecule has 1 aromatic heterocycles. The van der Waals surface area contributed by atoms with Gasteiger partial charge in [0.25, 0.3) is 0 Å². The number of H-pyrrole nitrogens is 1. The molecular formula is C13H13F3N4OS. The number of thioether (sulfide) groups is 1. The van der Waals surface area contributed by atoms with E-state index < -0.39 is 34.3 Å². The maximum atomic E-state index is 13.5. The Kier molecular flexibility index (Phi) is 5.07. The van der Waals surface area contributed by atoms with Crippen LogP contribution in [0, 0.1) is 17.5 Å². The summed E-state index contributed by atoms with van der Waals surface area (Å²) in [5.74, 6) is -4.26. The molecule has 0 spiro atoms. The number of nitrogens with zero attached hydrogens (tertiary/aromatic N) is 2. The van der Waals surface area contributed by atoms with Gasteiger partial charge in [-0.05, 0) is 19.1 Å². The van der Waals surface area contributed by atoms with Gasteiger partial charge in [0.2, 0.25) is 11.1 Å². The summed E-state index contributed by atoms with van der Waals surface area (Å²) in [5.41, 5.74) is -0.416. The summed E-state index contributed by atoms with van der Waals surface area (Å²) in [6, 6.07) is 1.71. The van der Waals surface area contributed by atoms with Crippen molar-refractivity contribution in [2.24, 2.45) is 0 Å². The van der Waals surface area contributed by atoms with E-state index in [1.165, 1.54) is 0 Å². The van der Waals surface area contributed by atoms with E-state index in [1.807, 2.05) is 6.92 Å². The van der Waals surface area contributed by atoms with Crippen molar-refractivity contribution >= 4 is 23.4 Å². The number of aryl methyl sites for hydroxylation is 1. The standard InChI is InChI=1S/C13H13F3N4OS/c1-3-9-18-13(20-19-9)22-6(2)12(21)17-8-5-4-7(14)10(15)11(8)16/h4-6H,3H2,1-2H3,(H,17,21)(H,18,19,20). The maximum Gasteiger partial charge on any atom is 0.237 e. The molecule has 9 heteroatoms. The van der Waals surface area contributed by atoms with Crippen molar-refractivity contribution in [1.29, 1.82) is 0 Å². The SMILES string of the molecule is CCc1nc(SC(C)C(=O)Nc2ccc(F)c(F)c2F)n[nH]1. The van der Waals surface area contributed by atoms with Crippen molar-refractivity contribution in [2.75, 3.05) is 5.32 Å². The molecule has 0 aliphatic heterocycles. The van der Waals surface area contributed by atoms with Crippen molar-refractivity contribution in [3.8, 4) is 0 Å². The number of rotatable bonds is 5. The highest BCUT2D eigenvalue weighted by atomic mass is 32.2. The third kappa shape index (κ3) is 3.59. The van der Waals surface area contributed by atoms with Gasteiger partial charge in [-0.2, -0.15) is 0 Å². The molecule has 22 heavy (non-hydrogen) atoms. The van der Waals surface area contributed by atoms with E-state index in [0.717, 1.165) is 23.9 Å². The van der Waals surface area contributed by atoms with Crippen LogP contribution in [0.3, 0.4) is 0 Å². The molecule has 2 N–H and O–H groups in total. The van der Waals surface area contributed by atoms with Gasteiger partial charge in [-0.1, -0.05) is 18.7 Å². The normalized spacial score (nSPS) is 12.2. The average Bonchev–Trinajstić information content (AvgIpc) is 2.95. The fourth-order valence-corrected chi connectivity index (χ4v) is 2.30. The van der Waals surface area contributed by atoms with Crippen LogP contribution in [0.2, 0.25) is 0 Å². The summed E-state index contributed by atoms with van der Waals surface area (Å²) in [4.78, 5) is 16.1. The Balaban J connectivity index is 2.04. The predicted octanol–water partition coefficient (Wildman–Crippen LogP) is 2.90. The van der Waals surface area contributed by atoms with Gasteiger partial charge in [0.05, 0.1) is 10.9 Å². The first-order valence-corrected chi connectivity index (χ1v) is 7.32. The summed E-state index contributed by atoms with van der Waals surface area (Å²) >= 11 is 1.06. The third-order valence-electron chi connectivity index (χ3n) is 2.79. The summed E-state index contributed by atoms with van der Waals surface area (Å²) in [5, 5.41) is 8.58. The molecule has 0 saturated carbocycles. The largest absolute Gasteiger partial charge is 0.323 e. The molecule has 118 valence electrons. The zero-order valence-corrected chi connectivity index (χ0v) is 12.6. The zero-order chi connectivity index (χ0) is 16.3. The molecule has 1 amide bonds. The second kappa shape index (κ2) is 6.82. The molecule has 2 rings (SSSR count). The predicted molar refractivity (Wildman–Crippen MR) is 76.0 cm³/mol. The summed E-state index contributed by atoms with van der Waals surface area (Å²) < 4.78 is 39.4. The third-order valence-corrected chi connectivity index (χ3v) is 3.75. The topological polar surface area (TPSA) is 70.7 Å². The number of anilines is 1. The Morgan fingerprint density at radius 2 is 2.09 bits per heavy atom. The molecular weight excluding hydrogens is 317 g/mol. The number of carbonyl (C=O) groups is 1.